The van der Waals surface area contributed by atoms with Crippen LogP contribution >= 0.6 is 11.6 Å². The molecule has 0 bridgehead atoms. The van der Waals surface area contributed by atoms with E-state index in [1.165, 1.54) is 23.1 Å². The summed E-state index contributed by atoms with van der Waals surface area (Å²) in [5.41, 5.74) is 6.09. The summed E-state index contributed by atoms with van der Waals surface area (Å²) in [6.45, 7) is 7.28. The van der Waals surface area contributed by atoms with Gasteiger partial charge in [-0.2, -0.15) is 10.2 Å². The van der Waals surface area contributed by atoms with E-state index >= 15 is 4.39 Å². The van der Waals surface area contributed by atoms with Crippen LogP contribution in [0.1, 0.15) is 95.3 Å². The molecule has 2 atom stereocenters. The van der Waals surface area contributed by atoms with Crippen molar-refractivity contribution in [3.63, 3.8) is 0 Å². The largest absolute Gasteiger partial charge is 0.463 e. The van der Waals surface area contributed by atoms with Gasteiger partial charge in [0.15, 0.2) is 17.3 Å². The molecular formula is C35H38ClF3N8O3. The zero-order valence-corrected chi connectivity index (χ0v) is 28.9. The number of aliphatic imine (C=N–C) groups is 1. The fourth-order valence-electron chi connectivity index (χ4n) is 6.35. The van der Waals surface area contributed by atoms with Crippen molar-refractivity contribution in [1.82, 2.24) is 29.4 Å². The number of amides is 1. The summed E-state index contributed by atoms with van der Waals surface area (Å²) in [6.07, 6.45) is 4.33. The number of nitrogens with two attached hydrogens (primary N) is 1. The number of hydrogen-bond acceptors (Lipinski definition) is 8. The molecule has 2 aromatic heterocycles. The Morgan fingerprint density at radius 1 is 1.16 bits per heavy atom. The summed E-state index contributed by atoms with van der Waals surface area (Å²) in [4.78, 5) is 37.1. The maximum absolute atomic E-state index is 16.0. The lowest BCUT2D eigenvalue weighted by Crippen LogP contribution is -2.47. The fraction of sp³-hybridized carbons (Fsp3) is 0.429. The lowest BCUT2D eigenvalue weighted by atomic mass is 9.75. The highest BCUT2D eigenvalue weighted by molar-refractivity contribution is 6.32. The first-order chi connectivity index (χ1) is 23.7. The van der Waals surface area contributed by atoms with Gasteiger partial charge < -0.3 is 10.5 Å². The standard InChI is InChI=1S/C35H38ClF3N8O3/c1-5-6-29(48)50-17-28(20-7-12-25(36)27(13-20)47-31(30(38)39)41-19-43-47)46-32(49)35(44-33(46)40,18-34(2,3)4)22-8-11-24(26(37)14-22)21-15-42-45(16-21)23-9-10-23/h7-8,11-16,19,23,28,30H,5-6,9-10,17-18H2,1-4H3,(H2,40,44)/t28-,35-/m1/s1. The lowest BCUT2D eigenvalue weighted by molar-refractivity contribution is -0.147. The van der Waals surface area contributed by atoms with Crippen LogP contribution in [0.3, 0.4) is 0 Å². The molecule has 1 saturated carbocycles. The van der Waals surface area contributed by atoms with E-state index in [1.54, 1.807) is 24.4 Å². The van der Waals surface area contributed by atoms with Crippen LogP contribution in [0, 0.1) is 11.2 Å². The molecule has 1 amide bonds. The van der Waals surface area contributed by atoms with E-state index in [2.05, 4.69) is 15.2 Å². The molecular weight excluding hydrogens is 673 g/mol. The van der Waals surface area contributed by atoms with Crippen molar-refractivity contribution in [3.05, 3.63) is 82.9 Å². The number of rotatable bonds is 12. The highest BCUT2D eigenvalue weighted by Gasteiger charge is 2.53. The molecule has 6 rings (SSSR count). The Morgan fingerprint density at radius 2 is 1.92 bits per heavy atom. The Morgan fingerprint density at radius 3 is 2.58 bits per heavy atom. The van der Waals surface area contributed by atoms with Gasteiger partial charge in [0.2, 0.25) is 0 Å². The summed E-state index contributed by atoms with van der Waals surface area (Å²) >= 11 is 6.46. The first-order valence-electron chi connectivity index (χ1n) is 16.4. The smallest absolute Gasteiger partial charge is 0.305 e. The van der Waals surface area contributed by atoms with E-state index in [0.717, 1.165) is 23.9 Å². The van der Waals surface area contributed by atoms with Crippen LogP contribution in [0.15, 0.2) is 60.1 Å². The molecule has 3 heterocycles. The monoisotopic (exact) mass is 710 g/mol. The van der Waals surface area contributed by atoms with Crippen molar-refractivity contribution in [2.45, 2.75) is 83.8 Å². The molecule has 0 spiro atoms. The van der Waals surface area contributed by atoms with E-state index in [9.17, 15) is 18.4 Å². The zero-order valence-electron chi connectivity index (χ0n) is 28.1. The molecule has 0 radical (unpaired) electrons. The van der Waals surface area contributed by atoms with Gasteiger partial charge in [0.25, 0.3) is 12.3 Å². The third kappa shape index (κ3) is 6.85. The Labute approximate surface area is 292 Å². The summed E-state index contributed by atoms with van der Waals surface area (Å²) < 4.78 is 51.9. The maximum atomic E-state index is 16.0. The molecule has 0 saturated heterocycles. The van der Waals surface area contributed by atoms with E-state index in [0.29, 0.717) is 34.7 Å². The van der Waals surface area contributed by atoms with Crippen LogP contribution in [0.25, 0.3) is 16.8 Å². The van der Waals surface area contributed by atoms with Gasteiger partial charge in [-0.25, -0.2) is 27.8 Å². The average Bonchev–Trinajstić information content (AvgIpc) is 3.46. The Kier molecular flexibility index (Phi) is 9.51. The normalized spacial score (nSPS) is 18.5. The zero-order chi connectivity index (χ0) is 36.0. The van der Waals surface area contributed by atoms with E-state index in [4.69, 9.17) is 27.1 Å². The van der Waals surface area contributed by atoms with Crippen molar-refractivity contribution in [2.75, 3.05) is 6.61 Å². The molecule has 264 valence electrons. The number of halogens is 4. The van der Waals surface area contributed by atoms with Crippen LogP contribution in [-0.2, 0) is 19.9 Å². The van der Waals surface area contributed by atoms with E-state index in [-0.39, 0.29) is 36.1 Å². The van der Waals surface area contributed by atoms with Crippen LogP contribution < -0.4 is 5.73 Å². The third-order valence-electron chi connectivity index (χ3n) is 8.71. The maximum Gasteiger partial charge on any atom is 0.305 e. The lowest BCUT2D eigenvalue weighted by Gasteiger charge is -2.35. The predicted molar refractivity (Wildman–Crippen MR) is 180 cm³/mol. The van der Waals surface area contributed by atoms with Gasteiger partial charge in [-0.1, -0.05) is 57.5 Å². The second-order valence-electron chi connectivity index (χ2n) is 13.9. The molecule has 4 aromatic rings. The number of esters is 1. The minimum Gasteiger partial charge on any atom is -0.463 e. The number of aromatic nitrogens is 5. The van der Waals surface area contributed by atoms with E-state index in [1.807, 2.05) is 38.6 Å². The molecule has 1 aliphatic carbocycles. The topological polar surface area (TPSA) is 134 Å². The highest BCUT2D eigenvalue weighted by Crippen LogP contribution is 2.46. The summed E-state index contributed by atoms with van der Waals surface area (Å²) in [5.74, 6) is -2.45. The second-order valence-corrected chi connectivity index (χ2v) is 14.3. The number of benzene rings is 2. The number of hydrogen-bond donors (Lipinski definition) is 1. The summed E-state index contributed by atoms with van der Waals surface area (Å²) in [5, 5.41) is 8.40. The van der Waals surface area contributed by atoms with Gasteiger partial charge in [-0.3, -0.25) is 19.2 Å². The van der Waals surface area contributed by atoms with Crippen LogP contribution in [-0.4, -0.2) is 53.9 Å². The van der Waals surface area contributed by atoms with Crippen molar-refractivity contribution in [1.29, 1.82) is 0 Å². The number of carbonyl (C=O) groups is 2. The molecule has 1 aliphatic heterocycles. The number of guanidine groups is 1. The number of alkyl halides is 2. The summed E-state index contributed by atoms with van der Waals surface area (Å²) in [6, 6.07) is 8.34. The Hall–Kier alpha value is -4.72. The quantitative estimate of drug-likeness (QED) is 0.156. The predicted octanol–water partition coefficient (Wildman–Crippen LogP) is 7.07. The second kappa shape index (κ2) is 13.5. The first kappa shape index (κ1) is 35.1. The Balaban J connectivity index is 1.42. The van der Waals surface area contributed by atoms with Crippen LogP contribution in [0.4, 0.5) is 13.2 Å². The highest BCUT2D eigenvalue weighted by atomic mass is 35.5. The van der Waals surface area contributed by atoms with Gasteiger partial charge in [0.1, 0.15) is 18.8 Å². The van der Waals surface area contributed by atoms with Gasteiger partial charge in [-0.15, -0.1) is 0 Å². The van der Waals surface area contributed by atoms with Gasteiger partial charge in [0, 0.05) is 23.7 Å². The SMILES string of the molecule is CCCC(=O)OC[C@H](c1ccc(Cl)c(-n2ncnc2C(F)F)c1)N1C(=O)[C@@](CC(C)(C)C)(c2ccc(-c3cnn(C4CC4)c3)c(F)c2)N=C1N. The van der Waals surface area contributed by atoms with Crippen molar-refractivity contribution in [2.24, 2.45) is 16.1 Å². The number of nitrogens with zero attached hydrogens (tertiary/aromatic N) is 7. The van der Waals surface area contributed by atoms with Gasteiger partial charge >= 0.3 is 5.97 Å². The van der Waals surface area contributed by atoms with Gasteiger partial charge in [0.05, 0.1) is 29.0 Å². The molecule has 50 heavy (non-hydrogen) atoms. The minimum atomic E-state index is -2.95. The average molecular weight is 711 g/mol. The molecule has 11 nitrogen and oxygen atoms in total. The molecule has 1 fully saturated rings. The molecule has 2 aromatic carbocycles. The van der Waals surface area contributed by atoms with Crippen molar-refractivity contribution in [3.8, 4) is 16.8 Å². The molecule has 15 heteroatoms. The van der Waals surface area contributed by atoms with E-state index < -0.39 is 46.9 Å². The molecule has 2 aliphatic rings. The van der Waals surface area contributed by atoms with Crippen LogP contribution in [0.2, 0.25) is 5.02 Å². The third-order valence-corrected chi connectivity index (χ3v) is 9.03. The van der Waals surface area contributed by atoms with Gasteiger partial charge in [-0.05, 0) is 60.4 Å². The number of carbonyl (C=O) groups excluding carboxylic acids is 2. The summed E-state index contributed by atoms with van der Waals surface area (Å²) in [7, 11) is 0. The fourth-order valence-corrected chi connectivity index (χ4v) is 6.55. The molecule has 2 N–H and O–H groups in total. The first-order valence-corrected chi connectivity index (χ1v) is 16.8. The number of ether oxygens (including phenoxy) is 1. The van der Waals surface area contributed by atoms with Crippen molar-refractivity contribution < 1.29 is 27.5 Å². The molecule has 0 unspecified atom stereocenters. The Bertz CT molecular complexity index is 1950. The van der Waals surface area contributed by atoms with Crippen molar-refractivity contribution >= 4 is 29.4 Å². The minimum absolute atomic E-state index is 0.0626. The van der Waals surface area contributed by atoms with Crippen LogP contribution in [0.5, 0.6) is 0 Å².